The standard InChI is InChI=1S/C23H30N4O.HI/c1-24-22(26-20-12-13-28-21-11-7-6-10-19(20)21)25-16-23(27(2)3)14-17-8-4-5-9-18(17)15-23;/h4-11,20H,12-16H2,1-3H3,(H2,24,25,26);1H. The van der Waals surface area contributed by atoms with Crippen molar-refractivity contribution in [3.05, 3.63) is 65.2 Å². The second kappa shape index (κ2) is 9.34. The lowest BCUT2D eigenvalue weighted by Gasteiger charge is -2.37. The average molecular weight is 506 g/mol. The van der Waals surface area contributed by atoms with E-state index in [1.54, 1.807) is 0 Å². The van der Waals surface area contributed by atoms with Gasteiger partial charge in [0.25, 0.3) is 0 Å². The molecule has 0 spiro atoms. The SMILES string of the molecule is CN=C(NCC1(N(C)C)Cc2ccccc2C1)NC1CCOc2ccccc21.I. The van der Waals surface area contributed by atoms with Gasteiger partial charge in [-0.1, -0.05) is 42.5 Å². The Kier molecular flexibility index (Phi) is 7.05. The Morgan fingerprint density at radius 2 is 1.76 bits per heavy atom. The Bertz CT molecular complexity index is 842. The van der Waals surface area contributed by atoms with Crippen LogP contribution in [0, 0.1) is 0 Å². The summed E-state index contributed by atoms with van der Waals surface area (Å²) in [6, 6.07) is 17.3. The second-order valence-electron chi connectivity index (χ2n) is 8.04. The zero-order valence-electron chi connectivity index (χ0n) is 17.4. The predicted molar refractivity (Wildman–Crippen MR) is 129 cm³/mol. The van der Waals surface area contributed by atoms with Crippen molar-refractivity contribution in [2.75, 3.05) is 34.3 Å². The number of rotatable bonds is 4. The molecule has 5 nitrogen and oxygen atoms in total. The lowest BCUT2D eigenvalue weighted by Crippen LogP contribution is -2.55. The highest BCUT2D eigenvalue weighted by molar-refractivity contribution is 14.0. The molecular weight excluding hydrogens is 475 g/mol. The fraction of sp³-hybridized carbons (Fsp3) is 0.435. The molecule has 0 saturated carbocycles. The Morgan fingerprint density at radius 1 is 1.10 bits per heavy atom. The van der Waals surface area contributed by atoms with Gasteiger partial charge < -0.3 is 20.3 Å². The highest BCUT2D eigenvalue weighted by Gasteiger charge is 2.39. The number of guanidine groups is 1. The molecule has 1 aliphatic carbocycles. The van der Waals surface area contributed by atoms with E-state index in [1.165, 1.54) is 16.7 Å². The summed E-state index contributed by atoms with van der Waals surface area (Å²) in [6.07, 6.45) is 3.04. The molecule has 1 heterocycles. The average Bonchev–Trinajstić information content (AvgIpc) is 3.11. The van der Waals surface area contributed by atoms with Crippen molar-refractivity contribution in [1.82, 2.24) is 15.5 Å². The van der Waals surface area contributed by atoms with E-state index in [9.17, 15) is 0 Å². The van der Waals surface area contributed by atoms with E-state index in [0.717, 1.165) is 44.1 Å². The van der Waals surface area contributed by atoms with Gasteiger partial charge in [0.2, 0.25) is 0 Å². The zero-order chi connectivity index (χ0) is 19.6. The number of likely N-dealkylation sites (N-methyl/N-ethyl adjacent to an activating group) is 1. The van der Waals surface area contributed by atoms with E-state index in [1.807, 2.05) is 19.2 Å². The van der Waals surface area contributed by atoms with Gasteiger partial charge in [-0.2, -0.15) is 0 Å². The first-order valence-electron chi connectivity index (χ1n) is 10.0. The second-order valence-corrected chi connectivity index (χ2v) is 8.04. The Labute approximate surface area is 191 Å². The normalized spacial score (nSPS) is 19.6. The summed E-state index contributed by atoms with van der Waals surface area (Å²) in [5, 5.41) is 7.21. The van der Waals surface area contributed by atoms with Crippen LogP contribution in [0.4, 0.5) is 0 Å². The third kappa shape index (κ3) is 4.53. The highest BCUT2D eigenvalue weighted by atomic mass is 127. The van der Waals surface area contributed by atoms with Crippen molar-refractivity contribution in [3.63, 3.8) is 0 Å². The Balaban J connectivity index is 0.00000240. The van der Waals surface area contributed by atoms with E-state index < -0.39 is 0 Å². The van der Waals surface area contributed by atoms with Crippen LogP contribution < -0.4 is 15.4 Å². The largest absolute Gasteiger partial charge is 0.493 e. The van der Waals surface area contributed by atoms with Crippen molar-refractivity contribution in [3.8, 4) is 5.75 Å². The molecule has 2 N–H and O–H groups in total. The van der Waals surface area contributed by atoms with Crippen LogP contribution >= 0.6 is 24.0 Å². The van der Waals surface area contributed by atoms with E-state index in [0.29, 0.717) is 0 Å². The minimum atomic E-state index is 0. The first-order chi connectivity index (χ1) is 13.6. The molecule has 2 aliphatic rings. The van der Waals surface area contributed by atoms with Crippen LogP contribution in [0.15, 0.2) is 53.5 Å². The summed E-state index contributed by atoms with van der Waals surface area (Å²) in [4.78, 5) is 6.85. The van der Waals surface area contributed by atoms with Crippen LogP contribution in [0.1, 0.15) is 29.2 Å². The summed E-state index contributed by atoms with van der Waals surface area (Å²) in [6.45, 7) is 1.57. The molecule has 1 unspecified atom stereocenters. The predicted octanol–water partition coefficient (Wildman–Crippen LogP) is 3.39. The van der Waals surface area contributed by atoms with Crippen molar-refractivity contribution >= 4 is 29.9 Å². The summed E-state index contributed by atoms with van der Waals surface area (Å²) in [5.74, 6) is 1.82. The maximum absolute atomic E-state index is 5.79. The number of hydrogen-bond donors (Lipinski definition) is 2. The van der Waals surface area contributed by atoms with E-state index in [-0.39, 0.29) is 35.6 Å². The molecule has 0 amide bonds. The maximum Gasteiger partial charge on any atom is 0.191 e. The fourth-order valence-electron chi connectivity index (χ4n) is 4.37. The quantitative estimate of drug-likeness (QED) is 0.379. The minimum absolute atomic E-state index is 0. The van der Waals surface area contributed by atoms with Gasteiger partial charge in [0, 0.05) is 31.1 Å². The van der Waals surface area contributed by atoms with Crippen LogP contribution in [0.2, 0.25) is 0 Å². The summed E-state index contributed by atoms with van der Waals surface area (Å²) < 4.78 is 5.79. The van der Waals surface area contributed by atoms with Gasteiger partial charge in [0.15, 0.2) is 5.96 Å². The number of fused-ring (bicyclic) bond motifs is 2. The molecular formula is C23H31IN4O. The number of nitrogens with zero attached hydrogens (tertiary/aromatic N) is 2. The van der Waals surface area contributed by atoms with Gasteiger partial charge in [0.1, 0.15) is 5.75 Å². The third-order valence-electron chi connectivity index (χ3n) is 6.18. The van der Waals surface area contributed by atoms with Crippen molar-refractivity contribution in [2.45, 2.75) is 30.8 Å². The number of ether oxygens (including phenoxy) is 1. The molecule has 1 aliphatic heterocycles. The van der Waals surface area contributed by atoms with Gasteiger partial charge in [-0.25, -0.2) is 0 Å². The number of benzene rings is 2. The smallest absolute Gasteiger partial charge is 0.191 e. The topological polar surface area (TPSA) is 48.9 Å². The molecule has 0 fully saturated rings. The van der Waals surface area contributed by atoms with Crippen LogP contribution in [0.25, 0.3) is 0 Å². The van der Waals surface area contributed by atoms with Gasteiger partial charge in [-0.05, 0) is 44.1 Å². The van der Waals surface area contributed by atoms with Crippen LogP contribution in [0.5, 0.6) is 5.75 Å². The van der Waals surface area contributed by atoms with Crippen molar-refractivity contribution < 1.29 is 4.74 Å². The fourth-order valence-corrected chi connectivity index (χ4v) is 4.37. The molecule has 2 aromatic carbocycles. The Morgan fingerprint density at radius 3 is 2.41 bits per heavy atom. The minimum Gasteiger partial charge on any atom is -0.493 e. The van der Waals surface area contributed by atoms with Crippen LogP contribution in [-0.4, -0.2) is 50.7 Å². The highest BCUT2D eigenvalue weighted by Crippen LogP contribution is 2.33. The van der Waals surface area contributed by atoms with Crippen molar-refractivity contribution in [1.29, 1.82) is 0 Å². The lowest BCUT2D eigenvalue weighted by molar-refractivity contribution is 0.164. The monoisotopic (exact) mass is 506 g/mol. The Hall–Kier alpha value is -1.80. The first-order valence-corrected chi connectivity index (χ1v) is 10.0. The zero-order valence-corrected chi connectivity index (χ0v) is 19.8. The summed E-state index contributed by atoms with van der Waals surface area (Å²) in [7, 11) is 6.20. The molecule has 0 radical (unpaired) electrons. The first kappa shape index (κ1) is 21.9. The number of halogens is 1. The molecule has 1 atom stereocenters. The van der Waals surface area contributed by atoms with Crippen LogP contribution in [-0.2, 0) is 12.8 Å². The van der Waals surface area contributed by atoms with Crippen LogP contribution in [0.3, 0.4) is 0 Å². The molecule has 0 saturated heterocycles. The van der Waals surface area contributed by atoms with Gasteiger partial charge in [-0.15, -0.1) is 24.0 Å². The van der Waals surface area contributed by atoms with E-state index in [4.69, 9.17) is 4.74 Å². The third-order valence-corrected chi connectivity index (χ3v) is 6.18. The molecule has 2 aromatic rings. The van der Waals surface area contributed by atoms with E-state index >= 15 is 0 Å². The lowest BCUT2D eigenvalue weighted by atomic mass is 9.94. The molecule has 0 aromatic heterocycles. The number of aliphatic imine (C=N–C) groups is 1. The number of para-hydroxylation sites is 1. The molecule has 4 rings (SSSR count). The summed E-state index contributed by atoms with van der Waals surface area (Å²) >= 11 is 0. The molecule has 0 bridgehead atoms. The van der Waals surface area contributed by atoms with Gasteiger partial charge in [-0.3, -0.25) is 4.99 Å². The van der Waals surface area contributed by atoms with Crippen molar-refractivity contribution in [2.24, 2.45) is 4.99 Å². The van der Waals surface area contributed by atoms with Gasteiger partial charge >= 0.3 is 0 Å². The van der Waals surface area contributed by atoms with E-state index in [2.05, 4.69) is 71.0 Å². The van der Waals surface area contributed by atoms with Gasteiger partial charge in [0.05, 0.1) is 12.6 Å². The summed E-state index contributed by atoms with van der Waals surface area (Å²) in [5.41, 5.74) is 4.18. The molecule has 156 valence electrons. The number of nitrogens with one attached hydrogen (secondary N) is 2. The molecule has 6 heteroatoms. The molecule has 29 heavy (non-hydrogen) atoms. The number of hydrogen-bond acceptors (Lipinski definition) is 3. The maximum atomic E-state index is 5.79.